The third-order valence-corrected chi connectivity index (χ3v) is 3.66. The third-order valence-electron chi connectivity index (χ3n) is 3.66. The van der Waals surface area contributed by atoms with E-state index >= 15 is 0 Å². The Hall–Kier alpha value is -3.12. The lowest BCUT2D eigenvalue weighted by molar-refractivity contribution is -0.129. The van der Waals surface area contributed by atoms with Gasteiger partial charge in [0.25, 0.3) is 5.91 Å². The number of ether oxygens (including phenoxy) is 1. The normalized spacial score (nSPS) is 11.8. The molecule has 1 atom stereocenters. The van der Waals surface area contributed by atoms with Crippen molar-refractivity contribution in [1.82, 2.24) is 15.1 Å². The molecule has 0 saturated heterocycles. The zero-order valence-electron chi connectivity index (χ0n) is 13.8. The van der Waals surface area contributed by atoms with Crippen LogP contribution in [0.15, 0.2) is 67.0 Å². The lowest BCUT2D eigenvalue weighted by atomic mass is 10.2. The molecule has 0 aliphatic heterocycles. The van der Waals surface area contributed by atoms with Crippen LogP contribution in [0, 0.1) is 0 Å². The molecule has 0 radical (unpaired) electrons. The Morgan fingerprint density at radius 1 is 1.16 bits per heavy atom. The van der Waals surface area contributed by atoms with Gasteiger partial charge in [0.05, 0.1) is 6.20 Å². The van der Waals surface area contributed by atoms with Crippen molar-refractivity contribution >= 4 is 5.91 Å². The van der Waals surface area contributed by atoms with E-state index in [2.05, 4.69) is 10.4 Å². The molecule has 6 heteroatoms. The van der Waals surface area contributed by atoms with Crippen molar-refractivity contribution in [3.05, 3.63) is 78.1 Å². The number of para-hydroxylation sites is 1. The van der Waals surface area contributed by atoms with E-state index in [0.717, 1.165) is 17.1 Å². The van der Waals surface area contributed by atoms with Crippen LogP contribution in [0.1, 0.15) is 17.2 Å². The maximum atomic E-state index is 12.0. The van der Waals surface area contributed by atoms with E-state index in [1.165, 1.54) is 10.9 Å². The van der Waals surface area contributed by atoms with Crippen molar-refractivity contribution in [3.8, 4) is 11.5 Å². The number of aliphatic hydroxyl groups excluding tert-OH is 1. The highest BCUT2D eigenvalue weighted by atomic mass is 16.5. The molecule has 0 fully saturated rings. The quantitative estimate of drug-likeness (QED) is 0.725. The summed E-state index contributed by atoms with van der Waals surface area (Å²) in [6.45, 7) is 0.321. The number of rotatable bonds is 6. The fraction of sp³-hybridized carbons (Fsp3) is 0.158. The zero-order valence-corrected chi connectivity index (χ0v) is 13.8. The summed E-state index contributed by atoms with van der Waals surface area (Å²) < 4.78 is 7.26. The van der Waals surface area contributed by atoms with Gasteiger partial charge in [0, 0.05) is 25.4 Å². The summed E-state index contributed by atoms with van der Waals surface area (Å²) >= 11 is 0. The van der Waals surface area contributed by atoms with Gasteiger partial charge in [-0.1, -0.05) is 30.3 Å². The standard InChI is InChI=1S/C19H19N3O3/c1-22-13-15(12-21-22)18(23)19(24)20-11-14-7-9-17(10-8-14)25-16-5-3-2-4-6-16/h2-10,12-13,18,23H,11H2,1H3,(H,20,24)/t18-/m0/s1. The molecule has 0 bridgehead atoms. The number of amides is 1. The first-order valence-electron chi connectivity index (χ1n) is 7.88. The minimum Gasteiger partial charge on any atom is -0.457 e. The van der Waals surface area contributed by atoms with Crippen LogP contribution < -0.4 is 10.1 Å². The Kier molecular flexibility index (Phi) is 5.11. The monoisotopic (exact) mass is 337 g/mol. The predicted molar refractivity (Wildman–Crippen MR) is 93.0 cm³/mol. The van der Waals surface area contributed by atoms with E-state index in [9.17, 15) is 9.90 Å². The van der Waals surface area contributed by atoms with Gasteiger partial charge < -0.3 is 15.2 Å². The first-order chi connectivity index (χ1) is 12.1. The molecule has 0 aliphatic carbocycles. The second kappa shape index (κ2) is 7.63. The molecular formula is C19H19N3O3. The fourth-order valence-corrected chi connectivity index (χ4v) is 2.32. The van der Waals surface area contributed by atoms with E-state index in [4.69, 9.17) is 4.74 Å². The van der Waals surface area contributed by atoms with Gasteiger partial charge in [-0.3, -0.25) is 9.48 Å². The van der Waals surface area contributed by atoms with Gasteiger partial charge in [0.1, 0.15) is 11.5 Å². The molecule has 2 aromatic carbocycles. The molecule has 2 N–H and O–H groups in total. The topological polar surface area (TPSA) is 76.4 Å². The van der Waals surface area contributed by atoms with Crippen molar-refractivity contribution in [2.45, 2.75) is 12.6 Å². The summed E-state index contributed by atoms with van der Waals surface area (Å²) in [5.41, 5.74) is 1.37. The second-order valence-electron chi connectivity index (χ2n) is 5.63. The van der Waals surface area contributed by atoms with Crippen LogP contribution in [0.2, 0.25) is 0 Å². The molecule has 3 aromatic rings. The highest BCUT2D eigenvalue weighted by Crippen LogP contribution is 2.21. The van der Waals surface area contributed by atoms with Gasteiger partial charge in [-0.05, 0) is 29.8 Å². The van der Waals surface area contributed by atoms with Gasteiger partial charge >= 0.3 is 0 Å². The lowest BCUT2D eigenvalue weighted by Gasteiger charge is -2.10. The Morgan fingerprint density at radius 3 is 2.48 bits per heavy atom. The van der Waals surface area contributed by atoms with Crippen LogP contribution in [-0.2, 0) is 18.4 Å². The van der Waals surface area contributed by atoms with Crippen molar-refractivity contribution in [3.63, 3.8) is 0 Å². The van der Waals surface area contributed by atoms with Crippen molar-refractivity contribution < 1.29 is 14.6 Å². The highest BCUT2D eigenvalue weighted by molar-refractivity contribution is 5.81. The van der Waals surface area contributed by atoms with Gasteiger partial charge in [-0.15, -0.1) is 0 Å². The first kappa shape index (κ1) is 16.7. The lowest BCUT2D eigenvalue weighted by Crippen LogP contribution is -2.28. The third kappa shape index (κ3) is 4.45. The van der Waals surface area contributed by atoms with Gasteiger partial charge in [0.15, 0.2) is 6.10 Å². The molecule has 25 heavy (non-hydrogen) atoms. The molecule has 1 heterocycles. The summed E-state index contributed by atoms with van der Waals surface area (Å²) in [5, 5.41) is 16.7. The number of nitrogens with one attached hydrogen (secondary N) is 1. The average molecular weight is 337 g/mol. The highest BCUT2D eigenvalue weighted by Gasteiger charge is 2.18. The van der Waals surface area contributed by atoms with E-state index in [1.54, 1.807) is 13.2 Å². The number of nitrogens with zero attached hydrogens (tertiary/aromatic N) is 2. The molecule has 0 aliphatic rings. The maximum absolute atomic E-state index is 12.0. The van der Waals surface area contributed by atoms with E-state index < -0.39 is 12.0 Å². The minimum atomic E-state index is -1.23. The number of aromatic nitrogens is 2. The van der Waals surface area contributed by atoms with Crippen LogP contribution in [0.3, 0.4) is 0 Å². The number of aryl methyl sites for hydroxylation is 1. The predicted octanol–water partition coefficient (Wildman–Crippen LogP) is 2.56. The largest absolute Gasteiger partial charge is 0.457 e. The molecule has 3 rings (SSSR count). The van der Waals surface area contributed by atoms with Crippen molar-refractivity contribution in [2.24, 2.45) is 7.05 Å². The molecular weight excluding hydrogens is 318 g/mol. The Balaban J connectivity index is 1.54. The van der Waals surface area contributed by atoms with Crippen molar-refractivity contribution in [2.75, 3.05) is 0 Å². The molecule has 6 nitrogen and oxygen atoms in total. The smallest absolute Gasteiger partial charge is 0.253 e. The average Bonchev–Trinajstić information content (AvgIpc) is 3.07. The van der Waals surface area contributed by atoms with Crippen LogP contribution in [0.5, 0.6) is 11.5 Å². The van der Waals surface area contributed by atoms with Gasteiger partial charge in [-0.2, -0.15) is 5.10 Å². The molecule has 128 valence electrons. The molecule has 0 saturated carbocycles. The number of hydrogen-bond acceptors (Lipinski definition) is 4. The minimum absolute atomic E-state index is 0.321. The van der Waals surface area contributed by atoms with Crippen molar-refractivity contribution in [1.29, 1.82) is 0 Å². The van der Waals surface area contributed by atoms with Gasteiger partial charge in [0.2, 0.25) is 0 Å². The Morgan fingerprint density at radius 2 is 1.84 bits per heavy atom. The SMILES string of the molecule is Cn1cc([C@H](O)C(=O)NCc2ccc(Oc3ccccc3)cc2)cn1. The van der Waals surface area contributed by atoms with E-state index in [-0.39, 0.29) is 0 Å². The molecule has 1 amide bonds. The number of carbonyl (C=O) groups excluding carboxylic acids is 1. The fourth-order valence-electron chi connectivity index (χ4n) is 2.32. The first-order valence-corrected chi connectivity index (χ1v) is 7.88. The molecule has 0 spiro atoms. The number of aliphatic hydroxyl groups is 1. The summed E-state index contributed by atoms with van der Waals surface area (Å²) in [5.74, 6) is 1.03. The van der Waals surface area contributed by atoms with Gasteiger partial charge in [-0.25, -0.2) is 0 Å². The maximum Gasteiger partial charge on any atom is 0.253 e. The van der Waals surface area contributed by atoms with E-state index in [1.807, 2.05) is 54.6 Å². The molecule has 0 unspecified atom stereocenters. The Bertz CT molecular complexity index is 829. The molecule has 1 aromatic heterocycles. The zero-order chi connectivity index (χ0) is 17.6. The van der Waals surface area contributed by atoms with Crippen LogP contribution in [0.25, 0.3) is 0 Å². The Labute approximate surface area is 145 Å². The summed E-state index contributed by atoms with van der Waals surface area (Å²) in [7, 11) is 1.73. The number of carbonyl (C=O) groups is 1. The summed E-state index contributed by atoms with van der Waals surface area (Å²) in [6.07, 6.45) is 1.86. The summed E-state index contributed by atoms with van der Waals surface area (Å²) in [6, 6.07) is 16.9. The van der Waals surface area contributed by atoms with Crippen LogP contribution in [-0.4, -0.2) is 20.8 Å². The summed E-state index contributed by atoms with van der Waals surface area (Å²) in [4.78, 5) is 12.0. The van der Waals surface area contributed by atoms with Crippen LogP contribution >= 0.6 is 0 Å². The second-order valence-corrected chi connectivity index (χ2v) is 5.63. The number of benzene rings is 2. The number of hydrogen-bond donors (Lipinski definition) is 2. The van der Waals surface area contributed by atoms with Crippen LogP contribution in [0.4, 0.5) is 0 Å². The van der Waals surface area contributed by atoms with E-state index in [0.29, 0.717) is 12.1 Å².